The zero-order valence-corrected chi connectivity index (χ0v) is 15.0. The third-order valence-electron chi connectivity index (χ3n) is 5.52. The first-order valence-electron chi connectivity index (χ1n) is 9.12. The summed E-state index contributed by atoms with van der Waals surface area (Å²) in [6.07, 6.45) is 2.33. The maximum absolute atomic E-state index is 2.38. The van der Waals surface area contributed by atoms with Gasteiger partial charge in [-0.2, -0.15) is 0 Å². The third-order valence-corrected chi connectivity index (χ3v) is 5.52. The second-order valence-corrected chi connectivity index (χ2v) is 7.30. The predicted molar refractivity (Wildman–Crippen MR) is 106 cm³/mol. The number of benzene rings is 3. The number of rotatable bonds is 3. The fourth-order valence-corrected chi connectivity index (χ4v) is 4.07. The summed E-state index contributed by atoms with van der Waals surface area (Å²) in [6, 6.07) is 29.4. The zero-order valence-electron chi connectivity index (χ0n) is 15.0. The fraction of sp³-hybridized carbons (Fsp3) is 0.250. The van der Waals surface area contributed by atoms with Crippen LogP contribution in [0.2, 0.25) is 0 Å². The highest BCUT2D eigenvalue weighted by atomic mass is 15.1. The van der Waals surface area contributed by atoms with E-state index >= 15 is 0 Å². The van der Waals surface area contributed by atoms with E-state index in [1.807, 2.05) is 0 Å². The average molecular weight is 327 g/mol. The minimum Gasteiger partial charge on any atom is -0.306 e. The highest BCUT2D eigenvalue weighted by Gasteiger charge is 2.28. The molecule has 126 valence electrons. The van der Waals surface area contributed by atoms with Gasteiger partial charge in [-0.15, -0.1) is 0 Å². The molecule has 1 aliphatic rings. The zero-order chi connectivity index (χ0) is 17.2. The van der Waals surface area contributed by atoms with E-state index in [4.69, 9.17) is 0 Å². The van der Waals surface area contributed by atoms with Gasteiger partial charge in [0.25, 0.3) is 0 Å². The van der Waals surface area contributed by atoms with Crippen molar-refractivity contribution in [1.82, 2.24) is 4.90 Å². The fourth-order valence-electron chi connectivity index (χ4n) is 4.07. The smallest absolute Gasteiger partial charge is 0.0139 e. The topological polar surface area (TPSA) is 3.24 Å². The molecule has 1 aliphatic carbocycles. The summed E-state index contributed by atoms with van der Waals surface area (Å²) in [4.78, 5) is 2.38. The van der Waals surface area contributed by atoms with Gasteiger partial charge in [-0.3, -0.25) is 0 Å². The second kappa shape index (κ2) is 6.85. The Kier molecular flexibility index (Phi) is 4.42. The van der Waals surface area contributed by atoms with Crippen LogP contribution in [-0.2, 0) is 6.42 Å². The lowest BCUT2D eigenvalue weighted by atomic mass is 9.76. The third kappa shape index (κ3) is 3.25. The van der Waals surface area contributed by atoms with Gasteiger partial charge >= 0.3 is 0 Å². The SMILES string of the molecule is CN(C)[C@H]1Cc2ccccc2[C@H](c2cccc(-c3ccccc3)c2)C1. The summed E-state index contributed by atoms with van der Waals surface area (Å²) >= 11 is 0. The van der Waals surface area contributed by atoms with Gasteiger partial charge in [-0.25, -0.2) is 0 Å². The van der Waals surface area contributed by atoms with Gasteiger partial charge in [0.2, 0.25) is 0 Å². The molecule has 3 aromatic carbocycles. The number of likely N-dealkylation sites (N-methyl/N-ethyl adjacent to an activating group) is 1. The molecule has 1 heteroatoms. The molecular formula is C24H25N. The molecule has 0 amide bonds. The summed E-state index contributed by atoms with van der Waals surface area (Å²) in [5, 5.41) is 0. The van der Waals surface area contributed by atoms with Crippen molar-refractivity contribution in [2.75, 3.05) is 14.1 Å². The van der Waals surface area contributed by atoms with Crippen LogP contribution in [-0.4, -0.2) is 25.0 Å². The van der Waals surface area contributed by atoms with E-state index in [-0.39, 0.29) is 0 Å². The first-order chi connectivity index (χ1) is 12.2. The molecule has 0 bridgehead atoms. The first kappa shape index (κ1) is 16.1. The van der Waals surface area contributed by atoms with Gasteiger partial charge in [0.15, 0.2) is 0 Å². The normalized spacial score (nSPS) is 19.6. The Morgan fingerprint density at radius 1 is 0.760 bits per heavy atom. The van der Waals surface area contributed by atoms with Crippen molar-refractivity contribution in [2.24, 2.45) is 0 Å². The second-order valence-electron chi connectivity index (χ2n) is 7.30. The van der Waals surface area contributed by atoms with E-state index in [0.29, 0.717) is 12.0 Å². The lowest BCUT2D eigenvalue weighted by Crippen LogP contribution is -2.35. The summed E-state index contributed by atoms with van der Waals surface area (Å²) < 4.78 is 0. The molecular weight excluding hydrogens is 302 g/mol. The lowest BCUT2D eigenvalue weighted by molar-refractivity contribution is 0.258. The molecule has 0 unspecified atom stereocenters. The van der Waals surface area contributed by atoms with Crippen LogP contribution in [0.25, 0.3) is 11.1 Å². The quantitative estimate of drug-likeness (QED) is 0.626. The molecule has 0 saturated heterocycles. The summed E-state index contributed by atoms with van der Waals surface area (Å²) in [5.41, 5.74) is 7.04. The summed E-state index contributed by atoms with van der Waals surface area (Å²) in [6.45, 7) is 0. The van der Waals surface area contributed by atoms with Gasteiger partial charge in [0, 0.05) is 12.0 Å². The van der Waals surface area contributed by atoms with Crippen molar-refractivity contribution < 1.29 is 0 Å². The highest BCUT2D eigenvalue weighted by molar-refractivity contribution is 5.64. The Balaban J connectivity index is 1.76. The molecule has 3 aromatic rings. The van der Waals surface area contributed by atoms with Crippen molar-refractivity contribution >= 4 is 0 Å². The monoisotopic (exact) mass is 327 g/mol. The van der Waals surface area contributed by atoms with Crippen LogP contribution < -0.4 is 0 Å². The van der Waals surface area contributed by atoms with E-state index in [9.17, 15) is 0 Å². The molecule has 0 radical (unpaired) electrons. The summed E-state index contributed by atoms with van der Waals surface area (Å²) in [7, 11) is 4.41. The largest absolute Gasteiger partial charge is 0.306 e. The van der Waals surface area contributed by atoms with Crippen LogP contribution in [0.4, 0.5) is 0 Å². The molecule has 0 aliphatic heterocycles. The standard InChI is InChI=1S/C24H25N/c1-25(2)22-16-21-11-6-7-14-23(21)24(17-22)20-13-8-12-19(15-20)18-9-4-3-5-10-18/h3-15,22,24H,16-17H2,1-2H3/t22-,24-/m0/s1. The molecule has 0 heterocycles. The van der Waals surface area contributed by atoms with E-state index in [0.717, 1.165) is 6.42 Å². The first-order valence-corrected chi connectivity index (χ1v) is 9.12. The molecule has 0 aromatic heterocycles. The summed E-state index contributed by atoms with van der Waals surface area (Å²) in [5.74, 6) is 0.473. The minimum atomic E-state index is 0.473. The Hall–Kier alpha value is -2.38. The van der Waals surface area contributed by atoms with E-state index in [1.54, 1.807) is 0 Å². The van der Waals surface area contributed by atoms with Crippen LogP contribution >= 0.6 is 0 Å². The number of hydrogen-bond donors (Lipinski definition) is 0. The Morgan fingerprint density at radius 3 is 2.28 bits per heavy atom. The van der Waals surface area contributed by atoms with Crippen molar-refractivity contribution in [3.63, 3.8) is 0 Å². The molecule has 0 N–H and O–H groups in total. The molecule has 0 saturated carbocycles. The van der Waals surface area contributed by atoms with Crippen LogP contribution in [0, 0.1) is 0 Å². The van der Waals surface area contributed by atoms with Crippen molar-refractivity contribution in [2.45, 2.75) is 24.8 Å². The van der Waals surface area contributed by atoms with Gasteiger partial charge in [0.05, 0.1) is 0 Å². The van der Waals surface area contributed by atoms with Gasteiger partial charge in [-0.1, -0.05) is 78.9 Å². The van der Waals surface area contributed by atoms with Gasteiger partial charge < -0.3 is 4.90 Å². The Morgan fingerprint density at radius 2 is 1.48 bits per heavy atom. The van der Waals surface area contributed by atoms with Gasteiger partial charge in [0.1, 0.15) is 0 Å². The van der Waals surface area contributed by atoms with E-state index in [2.05, 4.69) is 97.9 Å². The Labute approximate surface area is 150 Å². The molecule has 25 heavy (non-hydrogen) atoms. The van der Waals surface area contributed by atoms with E-state index in [1.165, 1.54) is 34.2 Å². The van der Waals surface area contributed by atoms with Crippen LogP contribution in [0.15, 0.2) is 78.9 Å². The molecule has 0 spiro atoms. The number of nitrogens with zero attached hydrogens (tertiary/aromatic N) is 1. The lowest BCUT2D eigenvalue weighted by Gasteiger charge is -2.35. The van der Waals surface area contributed by atoms with Crippen LogP contribution in [0.1, 0.15) is 29.0 Å². The van der Waals surface area contributed by atoms with E-state index < -0.39 is 0 Å². The number of fused-ring (bicyclic) bond motifs is 1. The van der Waals surface area contributed by atoms with Crippen molar-refractivity contribution in [3.05, 3.63) is 95.6 Å². The highest BCUT2D eigenvalue weighted by Crippen LogP contribution is 2.38. The molecule has 0 fully saturated rings. The van der Waals surface area contributed by atoms with Crippen LogP contribution in [0.5, 0.6) is 0 Å². The predicted octanol–water partition coefficient (Wildman–Crippen LogP) is 5.36. The van der Waals surface area contributed by atoms with Crippen LogP contribution in [0.3, 0.4) is 0 Å². The average Bonchev–Trinajstić information content (AvgIpc) is 2.68. The maximum atomic E-state index is 2.38. The molecule has 1 nitrogen and oxygen atoms in total. The van der Waals surface area contributed by atoms with Gasteiger partial charge in [-0.05, 0) is 54.8 Å². The van der Waals surface area contributed by atoms with Crippen molar-refractivity contribution in [3.8, 4) is 11.1 Å². The molecule has 4 rings (SSSR count). The van der Waals surface area contributed by atoms with Crippen molar-refractivity contribution in [1.29, 1.82) is 0 Å². The number of hydrogen-bond acceptors (Lipinski definition) is 1. The minimum absolute atomic E-state index is 0.473. The maximum Gasteiger partial charge on any atom is 0.0139 e. The molecule has 2 atom stereocenters. The Bertz CT molecular complexity index is 851.